The van der Waals surface area contributed by atoms with E-state index in [-0.39, 0.29) is 11.5 Å². The van der Waals surface area contributed by atoms with Gasteiger partial charge in [-0.3, -0.25) is 9.59 Å². The van der Waals surface area contributed by atoms with Crippen molar-refractivity contribution in [1.29, 1.82) is 0 Å². The van der Waals surface area contributed by atoms with E-state index in [9.17, 15) is 9.59 Å². The zero-order chi connectivity index (χ0) is 18.7. The number of nitrogens with zero attached hydrogens (tertiary/aromatic N) is 2. The molecule has 2 aromatic rings. The lowest BCUT2D eigenvalue weighted by atomic mass is 9.97. The molecule has 140 valence electrons. The molecule has 26 heavy (non-hydrogen) atoms. The summed E-state index contributed by atoms with van der Waals surface area (Å²) in [6.07, 6.45) is 8.03. The molecule has 0 atom stereocenters. The third-order valence-corrected chi connectivity index (χ3v) is 5.82. The number of hydrogen-bond acceptors (Lipinski definition) is 5. The first-order valence-electron chi connectivity index (χ1n) is 9.09. The van der Waals surface area contributed by atoms with Gasteiger partial charge in [-0.1, -0.05) is 11.6 Å². The van der Waals surface area contributed by atoms with Gasteiger partial charge in [0.15, 0.2) is 0 Å². The van der Waals surface area contributed by atoms with Crippen LogP contribution in [0.25, 0.3) is 10.2 Å². The molecule has 0 unspecified atom stereocenters. The van der Waals surface area contributed by atoms with E-state index in [4.69, 9.17) is 0 Å². The Balaban J connectivity index is 1.75. The molecule has 0 radical (unpaired) electrons. The third-order valence-electron chi connectivity index (χ3n) is 4.64. The molecule has 2 heterocycles. The maximum absolute atomic E-state index is 12.6. The molecule has 0 aromatic carbocycles. The molecule has 1 amide bonds. The molecule has 0 saturated carbocycles. The molecule has 0 saturated heterocycles. The highest BCUT2D eigenvalue weighted by Gasteiger charge is 2.19. The van der Waals surface area contributed by atoms with Crippen LogP contribution in [0.1, 0.15) is 53.2 Å². The molecule has 7 heteroatoms. The molecule has 0 bridgehead atoms. The zero-order valence-corrected chi connectivity index (χ0v) is 16.5. The van der Waals surface area contributed by atoms with Crippen molar-refractivity contribution in [3.05, 3.63) is 38.3 Å². The Bertz CT molecular complexity index is 895. The fourth-order valence-electron chi connectivity index (χ4n) is 3.33. The van der Waals surface area contributed by atoms with Crippen molar-refractivity contribution in [3.63, 3.8) is 0 Å². The SMILES string of the molecule is Cc1c(C(=O)NCCC2=CCCCC2)sc2nc(CN(C)C)[nH]c(=O)c12. The molecule has 3 rings (SSSR count). The lowest BCUT2D eigenvalue weighted by Gasteiger charge is -2.12. The van der Waals surface area contributed by atoms with E-state index in [0.717, 1.165) is 19.3 Å². The topological polar surface area (TPSA) is 78.1 Å². The Kier molecular flexibility index (Phi) is 5.88. The number of carbonyl (C=O) groups is 1. The van der Waals surface area contributed by atoms with E-state index in [1.165, 1.54) is 29.8 Å². The van der Waals surface area contributed by atoms with Crippen LogP contribution in [0.4, 0.5) is 0 Å². The van der Waals surface area contributed by atoms with Gasteiger partial charge in [0.1, 0.15) is 10.7 Å². The molecule has 0 fully saturated rings. The van der Waals surface area contributed by atoms with Crippen LogP contribution in [0.2, 0.25) is 0 Å². The quantitative estimate of drug-likeness (QED) is 0.762. The van der Waals surface area contributed by atoms with Gasteiger partial charge >= 0.3 is 0 Å². The van der Waals surface area contributed by atoms with Crippen molar-refractivity contribution < 1.29 is 4.79 Å². The summed E-state index contributed by atoms with van der Waals surface area (Å²) in [7, 11) is 3.84. The third kappa shape index (κ3) is 4.22. The molecule has 2 aromatic heterocycles. The van der Waals surface area contributed by atoms with Crippen LogP contribution >= 0.6 is 11.3 Å². The van der Waals surface area contributed by atoms with Gasteiger partial charge in [-0.05, 0) is 58.7 Å². The van der Waals surface area contributed by atoms with Crippen molar-refractivity contribution >= 4 is 27.5 Å². The highest BCUT2D eigenvalue weighted by molar-refractivity contribution is 7.20. The molecule has 6 nitrogen and oxygen atoms in total. The van der Waals surface area contributed by atoms with Crippen molar-refractivity contribution in [1.82, 2.24) is 20.2 Å². The predicted octanol–water partition coefficient (Wildman–Crippen LogP) is 2.97. The van der Waals surface area contributed by atoms with Crippen LogP contribution in [0.5, 0.6) is 0 Å². The standard InChI is InChI=1S/C19H26N4O2S/c1-12-15-17(24)21-14(11-23(2)3)22-19(15)26-16(12)18(25)20-10-9-13-7-5-4-6-8-13/h7H,4-6,8-11H2,1-3H3,(H,20,25)(H,21,22,24). The van der Waals surface area contributed by atoms with Gasteiger partial charge < -0.3 is 15.2 Å². The number of hydrogen-bond donors (Lipinski definition) is 2. The number of aromatic amines is 1. The van der Waals surface area contributed by atoms with E-state index in [1.54, 1.807) is 0 Å². The minimum absolute atomic E-state index is 0.115. The summed E-state index contributed by atoms with van der Waals surface area (Å²) in [4.78, 5) is 35.5. The Morgan fingerprint density at radius 2 is 2.19 bits per heavy atom. The number of rotatable bonds is 6. The number of thiophene rings is 1. The first kappa shape index (κ1) is 18.8. The zero-order valence-electron chi connectivity index (χ0n) is 15.6. The number of aryl methyl sites for hydroxylation is 1. The fourth-order valence-corrected chi connectivity index (χ4v) is 4.45. The van der Waals surface area contributed by atoms with E-state index in [0.29, 0.717) is 39.6 Å². The van der Waals surface area contributed by atoms with Gasteiger partial charge in [-0.2, -0.15) is 0 Å². The van der Waals surface area contributed by atoms with E-state index >= 15 is 0 Å². The average Bonchev–Trinajstić information content (AvgIpc) is 2.92. The smallest absolute Gasteiger partial charge is 0.261 e. The number of nitrogens with one attached hydrogen (secondary N) is 2. The number of carbonyl (C=O) groups excluding carboxylic acids is 1. The Labute approximate surface area is 157 Å². The van der Waals surface area contributed by atoms with Crippen LogP contribution in [0.15, 0.2) is 16.4 Å². The van der Waals surface area contributed by atoms with Crippen LogP contribution in [-0.2, 0) is 6.54 Å². The monoisotopic (exact) mass is 374 g/mol. The minimum atomic E-state index is -0.174. The lowest BCUT2D eigenvalue weighted by molar-refractivity contribution is 0.0957. The van der Waals surface area contributed by atoms with Crippen LogP contribution in [-0.4, -0.2) is 41.4 Å². The van der Waals surface area contributed by atoms with Crippen molar-refractivity contribution in [3.8, 4) is 0 Å². The van der Waals surface area contributed by atoms with Crippen molar-refractivity contribution in [2.75, 3.05) is 20.6 Å². The highest BCUT2D eigenvalue weighted by atomic mass is 32.1. The number of allylic oxidation sites excluding steroid dienone is 1. The van der Waals surface area contributed by atoms with Crippen LogP contribution in [0.3, 0.4) is 0 Å². The molecular weight excluding hydrogens is 348 g/mol. The van der Waals surface area contributed by atoms with Crippen LogP contribution < -0.4 is 10.9 Å². The molecule has 1 aliphatic rings. The number of aromatic nitrogens is 2. The summed E-state index contributed by atoms with van der Waals surface area (Å²) in [5.74, 6) is 0.500. The lowest BCUT2D eigenvalue weighted by Crippen LogP contribution is -2.24. The van der Waals surface area contributed by atoms with Gasteiger partial charge in [-0.15, -0.1) is 11.3 Å². The summed E-state index contributed by atoms with van der Waals surface area (Å²) in [6.45, 7) is 3.01. The molecule has 0 aliphatic heterocycles. The Morgan fingerprint density at radius 1 is 1.38 bits per heavy atom. The minimum Gasteiger partial charge on any atom is -0.351 e. The maximum atomic E-state index is 12.6. The van der Waals surface area contributed by atoms with E-state index < -0.39 is 0 Å². The molecule has 0 spiro atoms. The number of H-pyrrole nitrogens is 1. The second kappa shape index (κ2) is 8.14. The van der Waals surface area contributed by atoms with E-state index in [1.807, 2.05) is 25.9 Å². The highest BCUT2D eigenvalue weighted by Crippen LogP contribution is 2.27. The summed E-state index contributed by atoms with van der Waals surface area (Å²) in [6, 6.07) is 0. The maximum Gasteiger partial charge on any atom is 0.261 e. The summed E-state index contributed by atoms with van der Waals surface area (Å²) >= 11 is 1.30. The van der Waals surface area contributed by atoms with Gasteiger partial charge in [0, 0.05) is 6.54 Å². The van der Waals surface area contributed by atoms with E-state index in [2.05, 4.69) is 21.4 Å². The molecular formula is C19H26N4O2S. The average molecular weight is 375 g/mol. The van der Waals surface area contributed by atoms with Crippen molar-refractivity contribution in [2.45, 2.75) is 45.6 Å². The van der Waals surface area contributed by atoms with Gasteiger partial charge in [0.05, 0.1) is 16.8 Å². The Hall–Kier alpha value is -1.99. The largest absolute Gasteiger partial charge is 0.351 e. The van der Waals surface area contributed by atoms with Gasteiger partial charge in [0.2, 0.25) is 0 Å². The first-order chi connectivity index (χ1) is 12.5. The fraction of sp³-hybridized carbons (Fsp3) is 0.526. The summed E-state index contributed by atoms with van der Waals surface area (Å²) in [5, 5.41) is 3.52. The molecule has 2 N–H and O–H groups in total. The number of amides is 1. The summed E-state index contributed by atoms with van der Waals surface area (Å²) < 4.78 is 0. The van der Waals surface area contributed by atoms with Crippen molar-refractivity contribution in [2.24, 2.45) is 0 Å². The van der Waals surface area contributed by atoms with Gasteiger partial charge in [-0.25, -0.2) is 4.98 Å². The second-order valence-electron chi connectivity index (χ2n) is 7.10. The summed E-state index contributed by atoms with van der Waals surface area (Å²) in [5.41, 5.74) is 1.98. The van der Waals surface area contributed by atoms with Gasteiger partial charge in [0.25, 0.3) is 11.5 Å². The second-order valence-corrected chi connectivity index (χ2v) is 8.10. The Morgan fingerprint density at radius 3 is 2.88 bits per heavy atom. The van der Waals surface area contributed by atoms with Crippen LogP contribution in [0, 0.1) is 6.92 Å². The number of fused-ring (bicyclic) bond motifs is 1. The molecule has 1 aliphatic carbocycles. The normalized spacial score (nSPS) is 14.7. The first-order valence-corrected chi connectivity index (χ1v) is 9.90. The predicted molar refractivity (Wildman–Crippen MR) is 106 cm³/mol.